The smallest absolute Gasteiger partial charge is 0.250 e. The monoisotopic (exact) mass is 413 g/mol. The van der Waals surface area contributed by atoms with Crippen molar-refractivity contribution in [2.24, 2.45) is 5.73 Å². The summed E-state index contributed by atoms with van der Waals surface area (Å²) in [5, 5.41) is 4.64. The van der Waals surface area contributed by atoms with Gasteiger partial charge in [-0.1, -0.05) is 12.1 Å². The summed E-state index contributed by atoms with van der Waals surface area (Å²) in [7, 11) is 0. The fourth-order valence-electron chi connectivity index (χ4n) is 3.50. The zero-order valence-electron chi connectivity index (χ0n) is 16.2. The lowest BCUT2D eigenvalue weighted by atomic mass is 10.0. The van der Waals surface area contributed by atoms with Gasteiger partial charge in [0, 0.05) is 29.9 Å². The van der Waals surface area contributed by atoms with Crippen molar-refractivity contribution < 1.29 is 9.18 Å². The van der Waals surface area contributed by atoms with E-state index in [9.17, 15) is 9.18 Å². The maximum atomic E-state index is 13.4. The standard InChI is InChI=1S/C22H16FN7O/c23-10-15-9-14(2-3-17(15)21(24)31)20-12-28-22-27-11-16(30(22)29-20)7-13-1-4-18-19(8-13)26-6-5-25-18/h1-6,8-9,11-12H,7,10H2,(H2,24,31). The van der Waals surface area contributed by atoms with Crippen molar-refractivity contribution in [3.05, 3.63) is 83.6 Å². The van der Waals surface area contributed by atoms with E-state index < -0.39 is 12.6 Å². The molecule has 9 heteroatoms. The highest BCUT2D eigenvalue weighted by Gasteiger charge is 2.13. The second-order valence-electron chi connectivity index (χ2n) is 7.03. The number of benzene rings is 2. The number of nitrogens with zero attached hydrogens (tertiary/aromatic N) is 6. The molecule has 0 aliphatic rings. The molecule has 152 valence electrons. The third-order valence-electron chi connectivity index (χ3n) is 5.03. The first kappa shape index (κ1) is 18.7. The fraction of sp³-hybridized carbons (Fsp3) is 0.0909. The molecular weight excluding hydrogens is 397 g/mol. The summed E-state index contributed by atoms with van der Waals surface area (Å²) in [4.78, 5) is 28.8. The molecule has 1 amide bonds. The molecule has 0 fully saturated rings. The first-order valence-corrected chi connectivity index (χ1v) is 9.51. The van der Waals surface area contributed by atoms with Crippen molar-refractivity contribution in [1.82, 2.24) is 29.5 Å². The molecule has 0 saturated heterocycles. The number of nitrogens with two attached hydrogens (primary N) is 1. The topological polar surface area (TPSA) is 112 Å². The number of hydrogen-bond donors (Lipinski definition) is 1. The largest absolute Gasteiger partial charge is 0.366 e. The number of rotatable bonds is 5. The van der Waals surface area contributed by atoms with E-state index in [1.165, 1.54) is 6.07 Å². The predicted octanol–water partition coefficient (Wildman–Crippen LogP) is 2.89. The Labute approximate surface area is 175 Å². The van der Waals surface area contributed by atoms with E-state index in [1.54, 1.807) is 41.4 Å². The number of halogens is 1. The van der Waals surface area contributed by atoms with Gasteiger partial charge in [-0.25, -0.2) is 18.9 Å². The highest BCUT2D eigenvalue weighted by molar-refractivity contribution is 5.94. The molecule has 3 aromatic heterocycles. The first-order valence-electron chi connectivity index (χ1n) is 9.51. The van der Waals surface area contributed by atoms with E-state index in [2.05, 4.69) is 25.0 Å². The minimum absolute atomic E-state index is 0.156. The van der Waals surface area contributed by atoms with Gasteiger partial charge in [-0.05, 0) is 35.4 Å². The van der Waals surface area contributed by atoms with Crippen LogP contribution in [0.5, 0.6) is 0 Å². The Kier molecular flexibility index (Phi) is 4.55. The molecular formula is C22H16FN7O. The predicted molar refractivity (Wildman–Crippen MR) is 112 cm³/mol. The van der Waals surface area contributed by atoms with Crippen LogP contribution in [0.4, 0.5) is 4.39 Å². The molecule has 5 rings (SSSR count). The van der Waals surface area contributed by atoms with Crippen molar-refractivity contribution in [3.63, 3.8) is 0 Å². The van der Waals surface area contributed by atoms with Crippen LogP contribution in [0, 0.1) is 0 Å². The van der Waals surface area contributed by atoms with E-state index in [0.29, 0.717) is 23.5 Å². The highest BCUT2D eigenvalue weighted by atomic mass is 19.1. The van der Waals surface area contributed by atoms with Gasteiger partial charge in [0.25, 0.3) is 5.78 Å². The number of carbonyl (C=O) groups excluding carboxylic acids is 1. The normalized spacial score (nSPS) is 11.3. The Bertz CT molecular complexity index is 1450. The minimum Gasteiger partial charge on any atom is -0.366 e. The Hall–Kier alpha value is -4.27. The van der Waals surface area contributed by atoms with Gasteiger partial charge in [0.1, 0.15) is 12.4 Å². The fourth-order valence-corrected chi connectivity index (χ4v) is 3.50. The summed E-state index contributed by atoms with van der Waals surface area (Å²) in [5.41, 5.74) is 10.4. The van der Waals surface area contributed by atoms with Crippen LogP contribution in [-0.4, -0.2) is 35.5 Å². The van der Waals surface area contributed by atoms with Crippen LogP contribution in [0.2, 0.25) is 0 Å². The van der Waals surface area contributed by atoms with E-state index in [0.717, 1.165) is 22.3 Å². The molecule has 0 radical (unpaired) electrons. The lowest BCUT2D eigenvalue weighted by Crippen LogP contribution is -2.13. The molecule has 31 heavy (non-hydrogen) atoms. The molecule has 0 bridgehead atoms. The van der Waals surface area contributed by atoms with Crippen molar-refractivity contribution in [2.45, 2.75) is 13.1 Å². The number of amides is 1. The van der Waals surface area contributed by atoms with Crippen molar-refractivity contribution in [2.75, 3.05) is 0 Å². The van der Waals surface area contributed by atoms with Crippen LogP contribution in [0.15, 0.2) is 61.2 Å². The second kappa shape index (κ2) is 7.52. The number of imidazole rings is 1. The minimum atomic E-state index is -0.803. The molecule has 2 N–H and O–H groups in total. The Morgan fingerprint density at radius 1 is 0.968 bits per heavy atom. The maximum absolute atomic E-state index is 13.4. The van der Waals surface area contributed by atoms with Crippen LogP contribution in [-0.2, 0) is 13.1 Å². The summed E-state index contributed by atoms with van der Waals surface area (Å²) in [6, 6.07) is 10.6. The van der Waals surface area contributed by atoms with Gasteiger partial charge in [-0.3, -0.25) is 14.8 Å². The third-order valence-corrected chi connectivity index (χ3v) is 5.03. The average Bonchev–Trinajstić information content (AvgIpc) is 3.20. The third kappa shape index (κ3) is 3.46. The number of primary amides is 1. The number of hydrogen-bond acceptors (Lipinski definition) is 6. The SMILES string of the molecule is NC(=O)c1ccc(-c2cnc3ncc(Cc4ccc5nccnc5c4)n3n2)cc1CF. The molecule has 0 aliphatic carbocycles. The van der Waals surface area contributed by atoms with Crippen LogP contribution >= 0.6 is 0 Å². The highest BCUT2D eigenvalue weighted by Crippen LogP contribution is 2.22. The summed E-state index contributed by atoms with van der Waals surface area (Å²) in [6.45, 7) is -0.803. The zero-order chi connectivity index (χ0) is 21.4. The number of aromatic nitrogens is 6. The van der Waals surface area contributed by atoms with E-state index in [-0.39, 0.29) is 11.1 Å². The van der Waals surface area contributed by atoms with E-state index in [1.807, 2.05) is 18.2 Å². The molecule has 0 saturated carbocycles. The Morgan fingerprint density at radius 2 is 1.77 bits per heavy atom. The van der Waals surface area contributed by atoms with Crippen LogP contribution < -0.4 is 5.73 Å². The molecule has 8 nitrogen and oxygen atoms in total. The van der Waals surface area contributed by atoms with Gasteiger partial charge < -0.3 is 5.73 Å². The number of fused-ring (bicyclic) bond motifs is 2. The maximum Gasteiger partial charge on any atom is 0.250 e. The van der Waals surface area contributed by atoms with Crippen LogP contribution in [0.3, 0.4) is 0 Å². The summed E-state index contributed by atoms with van der Waals surface area (Å²) in [5.74, 6) is -0.212. The van der Waals surface area contributed by atoms with Crippen molar-refractivity contribution in [1.29, 1.82) is 0 Å². The van der Waals surface area contributed by atoms with Gasteiger partial charge in [0.05, 0.1) is 29.1 Å². The first-order chi connectivity index (χ1) is 15.1. The second-order valence-corrected chi connectivity index (χ2v) is 7.03. The summed E-state index contributed by atoms with van der Waals surface area (Å²) >= 11 is 0. The molecule has 0 aliphatic heterocycles. The zero-order valence-corrected chi connectivity index (χ0v) is 16.2. The number of alkyl halides is 1. The Balaban J connectivity index is 1.53. The molecule has 0 atom stereocenters. The Morgan fingerprint density at radius 3 is 2.58 bits per heavy atom. The van der Waals surface area contributed by atoms with Crippen molar-refractivity contribution >= 4 is 22.7 Å². The lowest BCUT2D eigenvalue weighted by Gasteiger charge is -2.08. The molecule has 0 spiro atoms. The average molecular weight is 413 g/mol. The quantitative estimate of drug-likeness (QED) is 0.474. The van der Waals surface area contributed by atoms with E-state index >= 15 is 0 Å². The van der Waals surface area contributed by atoms with Gasteiger partial charge in [0.2, 0.25) is 5.91 Å². The molecule has 3 heterocycles. The van der Waals surface area contributed by atoms with Gasteiger partial charge >= 0.3 is 0 Å². The van der Waals surface area contributed by atoms with Crippen LogP contribution in [0.25, 0.3) is 28.1 Å². The summed E-state index contributed by atoms with van der Waals surface area (Å²) in [6.07, 6.45) is 7.19. The molecule has 5 aromatic rings. The van der Waals surface area contributed by atoms with E-state index in [4.69, 9.17) is 5.73 Å². The van der Waals surface area contributed by atoms with Crippen molar-refractivity contribution in [3.8, 4) is 11.3 Å². The van der Waals surface area contributed by atoms with Gasteiger partial charge in [-0.15, -0.1) is 0 Å². The van der Waals surface area contributed by atoms with Gasteiger partial charge in [0.15, 0.2) is 0 Å². The lowest BCUT2D eigenvalue weighted by molar-refractivity contribution is 0.0998. The summed E-state index contributed by atoms with van der Waals surface area (Å²) < 4.78 is 15.1. The number of carbonyl (C=O) groups is 1. The van der Waals surface area contributed by atoms with Gasteiger partial charge in [-0.2, -0.15) is 5.10 Å². The molecule has 0 unspecified atom stereocenters. The molecule has 2 aromatic carbocycles. The van der Waals surface area contributed by atoms with Crippen LogP contribution in [0.1, 0.15) is 27.2 Å².